The van der Waals surface area contributed by atoms with Crippen LogP contribution in [0.3, 0.4) is 0 Å². The molecule has 0 bridgehead atoms. The number of aromatic nitrogens is 4. The Labute approximate surface area is 155 Å². The van der Waals surface area contributed by atoms with E-state index >= 15 is 0 Å². The van der Waals surface area contributed by atoms with Crippen LogP contribution in [-0.2, 0) is 17.9 Å². The van der Waals surface area contributed by atoms with Crippen molar-refractivity contribution in [3.63, 3.8) is 0 Å². The molecule has 0 aromatic carbocycles. The summed E-state index contributed by atoms with van der Waals surface area (Å²) in [6.07, 6.45) is 10.8. The van der Waals surface area contributed by atoms with Crippen molar-refractivity contribution in [2.45, 2.75) is 51.7 Å². The van der Waals surface area contributed by atoms with E-state index in [0.717, 1.165) is 56.0 Å². The number of carbonyl (C=O) groups is 1. The molecule has 26 heavy (non-hydrogen) atoms. The molecular weight excluding hydrogens is 328 g/mol. The van der Waals surface area contributed by atoms with Crippen molar-refractivity contribution in [2.75, 3.05) is 20.6 Å². The first-order valence-corrected chi connectivity index (χ1v) is 9.27. The van der Waals surface area contributed by atoms with Gasteiger partial charge in [0.25, 0.3) is 0 Å². The lowest BCUT2D eigenvalue weighted by molar-refractivity contribution is -0.132. The summed E-state index contributed by atoms with van der Waals surface area (Å²) in [6, 6.07) is 0.0763. The Balaban J connectivity index is 1.69. The standard InChI is InChI=1S/C19H28N6O/c1-15-21-12-16(13-23(2)3)19(22-15)17-6-4-10-25(17)18(26)7-5-9-24-11-8-20-14-24/h8,11-12,14,17H,4-7,9-10,13H2,1-3H3. The lowest BCUT2D eigenvalue weighted by Gasteiger charge is -2.27. The van der Waals surface area contributed by atoms with Crippen LogP contribution in [-0.4, -0.2) is 55.9 Å². The van der Waals surface area contributed by atoms with E-state index in [1.54, 1.807) is 12.5 Å². The highest BCUT2D eigenvalue weighted by atomic mass is 16.2. The molecule has 0 radical (unpaired) electrons. The smallest absolute Gasteiger partial charge is 0.223 e. The highest BCUT2D eigenvalue weighted by Gasteiger charge is 2.32. The first-order chi connectivity index (χ1) is 12.5. The average Bonchev–Trinajstić information content (AvgIpc) is 3.27. The molecule has 7 heteroatoms. The monoisotopic (exact) mass is 356 g/mol. The predicted molar refractivity (Wildman–Crippen MR) is 99.3 cm³/mol. The molecule has 0 N–H and O–H groups in total. The Bertz CT molecular complexity index is 728. The summed E-state index contributed by atoms with van der Waals surface area (Å²) in [5, 5.41) is 0. The lowest BCUT2D eigenvalue weighted by Crippen LogP contribution is -2.32. The minimum Gasteiger partial charge on any atom is -0.337 e. The van der Waals surface area contributed by atoms with Crippen molar-refractivity contribution in [3.05, 3.63) is 42.0 Å². The number of likely N-dealkylation sites (tertiary alicyclic amines) is 1. The molecule has 3 rings (SSSR count). The number of carbonyl (C=O) groups excluding carboxylic acids is 1. The Kier molecular flexibility index (Phi) is 5.98. The zero-order chi connectivity index (χ0) is 18.5. The maximum absolute atomic E-state index is 12.8. The Hall–Kier alpha value is -2.28. The number of amides is 1. The number of imidazole rings is 1. The summed E-state index contributed by atoms with van der Waals surface area (Å²) >= 11 is 0. The SMILES string of the molecule is Cc1ncc(CN(C)C)c(C2CCCN2C(=O)CCCn2ccnc2)n1. The molecule has 2 aromatic heterocycles. The summed E-state index contributed by atoms with van der Waals surface area (Å²) in [4.78, 5) is 30.1. The van der Waals surface area contributed by atoms with E-state index < -0.39 is 0 Å². The van der Waals surface area contributed by atoms with Crippen LogP contribution in [0.2, 0.25) is 0 Å². The molecule has 140 valence electrons. The van der Waals surface area contributed by atoms with Gasteiger partial charge in [-0.15, -0.1) is 0 Å². The van der Waals surface area contributed by atoms with Gasteiger partial charge in [-0.05, 0) is 40.3 Å². The van der Waals surface area contributed by atoms with E-state index in [9.17, 15) is 4.79 Å². The van der Waals surface area contributed by atoms with Crippen molar-refractivity contribution < 1.29 is 4.79 Å². The molecule has 1 fully saturated rings. The molecule has 1 saturated heterocycles. The molecular formula is C19H28N6O. The first kappa shape index (κ1) is 18.5. The fourth-order valence-corrected chi connectivity index (χ4v) is 3.59. The van der Waals surface area contributed by atoms with Crippen molar-refractivity contribution in [1.82, 2.24) is 29.3 Å². The Morgan fingerprint density at radius 1 is 1.38 bits per heavy atom. The molecule has 1 aliphatic rings. The van der Waals surface area contributed by atoms with Gasteiger partial charge in [0.1, 0.15) is 5.82 Å². The predicted octanol–water partition coefficient (Wildman–Crippen LogP) is 2.19. The van der Waals surface area contributed by atoms with E-state index in [1.165, 1.54) is 0 Å². The summed E-state index contributed by atoms with van der Waals surface area (Å²) in [5.74, 6) is 0.988. The topological polar surface area (TPSA) is 67.2 Å². The Morgan fingerprint density at radius 3 is 2.96 bits per heavy atom. The maximum atomic E-state index is 12.8. The highest BCUT2D eigenvalue weighted by molar-refractivity contribution is 5.77. The van der Waals surface area contributed by atoms with Crippen molar-refractivity contribution >= 4 is 5.91 Å². The number of aryl methyl sites for hydroxylation is 2. The third kappa shape index (κ3) is 4.46. The van der Waals surface area contributed by atoms with E-state index in [1.807, 2.05) is 42.9 Å². The van der Waals surface area contributed by atoms with E-state index in [2.05, 4.69) is 14.9 Å². The zero-order valence-electron chi connectivity index (χ0n) is 15.9. The van der Waals surface area contributed by atoms with Gasteiger partial charge in [-0.25, -0.2) is 15.0 Å². The fraction of sp³-hybridized carbons (Fsp3) is 0.579. The van der Waals surface area contributed by atoms with Gasteiger partial charge < -0.3 is 14.4 Å². The van der Waals surface area contributed by atoms with Gasteiger partial charge in [-0.2, -0.15) is 0 Å². The van der Waals surface area contributed by atoms with Crippen LogP contribution in [0.15, 0.2) is 24.9 Å². The van der Waals surface area contributed by atoms with Gasteiger partial charge in [0.05, 0.1) is 18.1 Å². The zero-order valence-corrected chi connectivity index (χ0v) is 15.9. The summed E-state index contributed by atoms with van der Waals surface area (Å²) in [6.45, 7) is 4.34. The van der Waals surface area contributed by atoms with Gasteiger partial charge in [0.2, 0.25) is 5.91 Å². The van der Waals surface area contributed by atoms with Gasteiger partial charge in [-0.1, -0.05) is 0 Å². The van der Waals surface area contributed by atoms with Gasteiger partial charge in [-0.3, -0.25) is 4.79 Å². The van der Waals surface area contributed by atoms with Crippen molar-refractivity contribution in [2.24, 2.45) is 0 Å². The summed E-state index contributed by atoms with van der Waals surface area (Å²) in [5.41, 5.74) is 2.13. The third-order valence-electron chi connectivity index (χ3n) is 4.76. The van der Waals surface area contributed by atoms with Crippen molar-refractivity contribution in [3.8, 4) is 0 Å². The summed E-state index contributed by atoms with van der Waals surface area (Å²) in [7, 11) is 4.08. The second-order valence-corrected chi connectivity index (χ2v) is 7.21. The average molecular weight is 356 g/mol. The van der Waals surface area contributed by atoms with E-state index in [4.69, 9.17) is 4.98 Å². The quantitative estimate of drug-likeness (QED) is 0.761. The minimum atomic E-state index is 0.0763. The number of nitrogens with zero attached hydrogens (tertiary/aromatic N) is 6. The van der Waals surface area contributed by atoms with Crippen LogP contribution in [0.4, 0.5) is 0 Å². The van der Waals surface area contributed by atoms with Gasteiger partial charge >= 0.3 is 0 Å². The molecule has 0 saturated carbocycles. The molecule has 0 aliphatic carbocycles. The molecule has 3 heterocycles. The molecule has 7 nitrogen and oxygen atoms in total. The molecule has 1 aliphatic heterocycles. The molecule has 1 atom stereocenters. The first-order valence-electron chi connectivity index (χ1n) is 9.27. The van der Waals surface area contributed by atoms with E-state index in [-0.39, 0.29) is 11.9 Å². The Morgan fingerprint density at radius 2 is 2.23 bits per heavy atom. The summed E-state index contributed by atoms with van der Waals surface area (Å²) < 4.78 is 2.01. The molecule has 1 amide bonds. The molecule has 1 unspecified atom stereocenters. The number of rotatable bonds is 7. The largest absolute Gasteiger partial charge is 0.337 e. The fourth-order valence-electron chi connectivity index (χ4n) is 3.59. The maximum Gasteiger partial charge on any atom is 0.223 e. The number of hydrogen-bond acceptors (Lipinski definition) is 5. The van der Waals surface area contributed by atoms with Gasteiger partial charge in [0.15, 0.2) is 0 Å². The molecule has 2 aromatic rings. The van der Waals surface area contributed by atoms with Crippen LogP contribution in [0, 0.1) is 6.92 Å². The second-order valence-electron chi connectivity index (χ2n) is 7.21. The van der Waals surface area contributed by atoms with Crippen LogP contribution in [0.25, 0.3) is 0 Å². The second kappa shape index (κ2) is 8.40. The third-order valence-corrected chi connectivity index (χ3v) is 4.76. The van der Waals surface area contributed by atoms with Crippen LogP contribution < -0.4 is 0 Å². The van der Waals surface area contributed by atoms with Crippen molar-refractivity contribution in [1.29, 1.82) is 0 Å². The van der Waals surface area contributed by atoms with Crippen LogP contribution in [0.5, 0.6) is 0 Å². The highest BCUT2D eigenvalue weighted by Crippen LogP contribution is 2.33. The van der Waals surface area contributed by atoms with Gasteiger partial charge in [0, 0.05) is 50.2 Å². The van der Waals surface area contributed by atoms with Crippen LogP contribution in [0.1, 0.15) is 48.8 Å². The van der Waals surface area contributed by atoms with Crippen LogP contribution >= 0.6 is 0 Å². The lowest BCUT2D eigenvalue weighted by atomic mass is 10.0. The number of hydrogen-bond donors (Lipinski definition) is 0. The normalized spacial score (nSPS) is 17.2. The van der Waals surface area contributed by atoms with E-state index in [0.29, 0.717) is 6.42 Å². The minimum absolute atomic E-state index is 0.0763. The molecule has 0 spiro atoms.